The van der Waals surface area contributed by atoms with E-state index >= 15 is 0 Å². The molecule has 2 amide bonds. The first-order valence-electron chi connectivity index (χ1n) is 10.1. The van der Waals surface area contributed by atoms with Crippen LogP contribution in [0.2, 0.25) is 0 Å². The topological polar surface area (TPSA) is 203 Å². The van der Waals surface area contributed by atoms with Crippen molar-refractivity contribution in [3.63, 3.8) is 0 Å². The molecule has 2 aliphatic rings. The number of carboxylic acid groups (broad SMARTS) is 1. The molecule has 0 unspecified atom stereocenters. The first kappa shape index (κ1) is 23.9. The van der Waals surface area contributed by atoms with Crippen molar-refractivity contribution in [2.24, 2.45) is 5.16 Å². The van der Waals surface area contributed by atoms with Gasteiger partial charge in [-0.05, 0) is 17.7 Å². The van der Waals surface area contributed by atoms with Gasteiger partial charge in [-0.2, -0.15) is 9.36 Å². The smallest absolute Gasteiger partial charge is 0.352 e. The van der Waals surface area contributed by atoms with Crippen molar-refractivity contribution in [2.45, 2.75) is 16.4 Å². The molecule has 0 saturated carbocycles. The Bertz CT molecular complexity index is 1440. The fourth-order valence-electron chi connectivity index (χ4n) is 3.55. The van der Waals surface area contributed by atoms with E-state index in [1.807, 2.05) is 0 Å². The van der Waals surface area contributed by atoms with Crippen LogP contribution >= 0.6 is 35.1 Å². The zero-order chi connectivity index (χ0) is 25.4. The lowest BCUT2D eigenvalue weighted by atomic mass is 10.0. The van der Waals surface area contributed by atoms with Crippen molar-refractivity contribution < 1.29 is 24.3 Å². The molecule has 2 atom stereocenters. The Balaban J connectivity index is 1.30. The van der Waals surface area contributed by atoms with Crippen molar-refractivity contribution in [2.75, 3.05) is 24.3 Å². The van der Waals surface area contributed by atoms with Crippen LogP contribution in [0.25, 0.3) is 5.65 Å². The van der Waals surface area contributed by atoms with Crippen LogP contribution in [0.1, 0.15) is 5.82 Å². The number of fused-ring (bicyclic) bond motifs is 2. The fourth-order valence-corrected chi connectivity index (χ4v) is 6.32. The van der Waals surface area contributed by atoms with Crippen LogP contribution in [0.15, 0.2) is 39.9 Å². The van der Waals surface area contributed by atoms with E-state index in [0.29, 0.717) is 27.8 Å². The van der Waals surface area contributed by atoms with Crippen molar-refractivity contribution in [3.8, 4) is 0 Å². The Morgan fingerprint density at radius 1 is 1.42 bits per heavy atom. The average molecular weight is 549 g/mol. The number of carbonyl (C=O) groups is 3. The lowest BCUT2D eigenvalue weighted by molar-refractivity contribution is -0.150. The lowest BCUT2D eigenvalue weighted by Crippen LogP contribution is -2.71. The third-order valence-corrected chi connectivity index (χ3v) is 7.99. The largest absolute Gasteiger partial charge is 0.477 e. The Labute approximate surface area is 214 Å². The van der Waals surface area contributed by atoms with Gasteiger partial charge in [-0.25, -0.2) is 9.78 Å². The van der Waals surface area contributed by atoms with Crippen molar-refractivity contribution in [1.82, 2.24) is 39.4 Å². The second-order valence-electron chi connectivity index (χ2n) is 7.26. The number of hydrogen-bond acceptors (Lipinski definition) is 14. The fraction of sp³-hybridized carbons (Fsp3) is 0.278. The van der Waals surface area contributed by atoms with Crippen LogP contribution in [0, 0.1) is 0 Å². The third-order valence-electron chi connectivity index (χ3n) is 5.11. The maximum absolute atomic E-state index is 12.9. The van der Waals surface area contributed by atoms with Crippen LogP contribution in [0.3, 0.4) is 0 Å². The molecule has 0 spiro atoms. The van der Waals surface area contributed by atoms with Crippen LogP contribution in [-0.4, -0.2) is 92.7 Å². The summed E-state index contributed by atoms with van der Waals surface area (Å²) >= 11 is 3.54. The highest BCUT2D eigenvalue weighted by Crippen LogP contribution is 2.41. The third kappa shape index (κ3) is 4.33. The minimum Gasteiger partial charge on any atom is -0.477 e. The first-order chi connectivity index (χ1) is 17.4. The molecule has 5 rings (SSSR count). The number of rotatable bonds is 8. The van der Waals surface area contributed by atoms with Gasteiger partial charge in [0.2, 0.25) is 11.5 Å². The molecular weight excluding hydrogens is 532 g/mol. The van der Waals surface area contributed by atoms with Gasteiger partial charge < -0.3 is 21.0 Å². The second-order valence-corrected chi connectivity index (χ2v) is 10.1. The highest BCUT2D eigenvalue weighted by Gasteiger charge is 2.54. The molecule has 186 valence electrons. The van der Waals surface area contributed by atoms with E-state index in [9.17, 15) is 19.5 Å². The van der Waals surface area contributed by atoms with Crippen molar-refractivity contribution in [3.05, 3.63) is 35.6 Å². The molecule has 0 radical (unpaired) electrons. The predicted molar refractivity (Wildman–Crippen MR) is 129 cm³/mol. The number of β-lactam (4-membered cyclic amide) rings is 1. The molecule has 0 aliphatic carbocycles. The number of anilines is 1. The maximum atomic E-state index is 12.9. The summed E-state index contributed by atoms with van der Waals surface area (Å²) in [6.07, 6.45) is 1.39. The standard InChI is InChI=1S/C18H16N10O5S3/c1-33-25-10(13-23-18(19)36-26-13)14(29)22-11-15(30)27-12(17(31)32)7(5-35-16(11)27)4-34-9-3-2-8-20-6-21-28(8)24-9/h2-3,6,11,16H,4-5H2,1H3,(H,22,29)(H,31,32)(H2,19,23,26)/b25-10-/t11-,16+/m1/s1. The number of hydrogen-bond donors (Lipinski definition) is 3. The van der Waals surface area contributed by atoms with Crippen LogP contribution in [-0.2, 0) is 19.2 Å². The summed E-state index contributed by atoms with van der Waals surface area (Å²) in [5.41, 5.74) is 6.39. The average Bonchev–Trinajstić information content (AvgIpc) is 3.51. The number of nitrogens with one attached hydrogen (secondary N) is 1. The van der Waals surface area contributed by atoms with Crippen molar-refractivity contribution in [1.29, 1.82) is 0 Å². The maximum Gasteiger partial charge on any atom is 0.352 e. The lowest BCUT2D eigenvalue weighted by Gasteiger charge is -2.49. The minimum absolute atomic E-state index is 0.0418. The highest BCUT2D eigenvalue weighted by atomic mass is 32.2. The number of amides is 2. The molecule has 0 bridgehead atoms. The second kappa shape index (κ2) is 9.70. The van der Waals surface area contributed by atoms with Crippen LogP contribution < -0.4 is 11.1 Å². The number of thioether (sulfide) groups is 2. The van der Waals surface area contributed by atoms with E-state index in [2.05, 4.69) is 35.0 Å². The molecule has 4 N–H and O–H groups in total. The van der Waals surface area contributed by atoms with Gasteiger partial charge in [-0.15, -0.1) is 38.4 Å². The van der Waals surface area contributed by atoms with Gasteiger partial charge in [0.1, 0.15) is 35.6 Å². The summed E-state index contributed by atoms with van der Waals surface area (Å²) in [6.45, 7) is 0. The molecule has 1 fully saturated rings. The SMILES string of the molecule is CO/N=C(\C(=O)N[C@@H]1C(=O)N2C(C(=O)O)=C(CSc3ccc4ncnn4n3)CS[C@@H]12)c1nsc(N)n1. The van der Waals surface area contributed by atoms with Gasteiger partial charge in [-0.1, -0.05) is 5.16 Å². The van der Waals surface area contributed by atoms with Gasteiger partial charge >= 0.3 is 5.97 Å². The van der Waals surface area contributed by atoms with Gasteiger partial charge in [0.25, 0.3) is 11.8 Å². The molecule has 1 saturated heterocycles. The van der Waals surface area contributed by atoms with E-state index in [0.717, 1.165) is 11.5 Å². The summed E-state index contributed by atoms with van der Waals surface area (Å²) in [5.74, 6) is -1.91. The van der Waals surface area contributed by atoms with E-state index < -0.39 is 29.2 Å². The number of carboxylic acids is 1. The van der Waals surface area contributed by atoms with Gasteiger partial charge in [0.05, 0.1) is 0 Å². The molecule has 18 heteroatoms. The number of aliphatic carboxylic acids is 1. The minimum atomic E-state index is -1.22. The Kier molecular flexibility index (Phi) is 6.46. The molecule has 5 heterocycles. The summed E-state index contributed by atoms with van der Waals surface area (Å²) < 4.78 is 5.32. The molecule has 3 aromatic rings. The monoisotopic (exact) mass is 548 g/mol. The molecular formula is C18H16N10O5S3. The predicted octanol–water partition coefficient (Wildman–Crippen LogP) is -0.561. The van der Waals surface area contributed by atoms with Gasteiger partial charge in [0.15, 0.2) is 10.8 Å². The number of oxime groups is 1. The number of nitrogens with two attached hydrogens (primary N) is 1. The summed E-state index contributed by atoms with van der Waals surface area (Å²) in [4.78, 5) is 51.7. The van der Waals surface area contributed by atoms with E-state index in [4.69, 9.17) is 10.6 Å². The van der Waals surface area contributed by atoms with Crippen LogP contribution in [0.5, 0.6) is 0 Å². The number of nitrogens with zero attached hydrogens (tertiary/aromatic N) is 8. The van der Waals surface area contributed by atoms with E-state index in [1.165, 1.54) is 46.5 Å². The normalized spacial score (nSPS) is 19.8. The zero-order valence-electron chi connectivity index (χ0n) is 18.3. The van der Waals surface area contributed by atoms with Crippen LogP contribution in [0.4, 0.5) is 5.13 Å². The molecule has 15 nitrogen and oxygen atoms in total. The van der Waals surface area contributed by atoms with Gasteiger partial charge in [0, 0.05) is 23.0 Å². The Hall–Kier alpha value is -3.77. The summed E-state index contributed by atoms with van der Waals surface area (Å²) in [6, 6.07) is 2.56. The summed E-state index contributed by atoms with van der Waals surface area (Å²) in [5, 5.41) is 24.6. The van der Waals surface area contributed by atoms with E-state index in [-0.39, 0.29) is 22.4 Å². The summed E-state index contributed by atoms with van der Waals surface area (Å²) in [7, 11) is 1.25. The quantitative estimate of drug-likeness (QED) is 0.140. The van der Waals surface area contributed by atoms with Gasteiger partial charge in [-0.3, -0.25) is 14.5 Å². The number of carbonyl (C=O) groups excluding carboxylic acids is 2. The molecule has 0 aromatic carbocycles. The molecule has 2 aliphatic heterocycles. The number of aromatic nitrogens is 6. The molecule has 36 heavy (non-hydrogen) atoms. The molecule has 3 aromatic heterocycles. The number of nitrogen functional groups attached to an aromatic ring is 1. The highest BCUT2D eigenvalue weighted by molar-refractivity contribution is 8.01. The Morgan fingerprint density at radius 2 is 2.25 bits per heavy atom. The first-order valence-corrected chi connectivity index (χ1v) is 12.9. The zero-order valence-corrected chi connectivity index (χ0v) is 20.7. The Morgan fingerprint density at radius 3 is 2.97 bits per heavy atom. The van der Waals surface area contributed by atoms with E-state index in [1.54, 1.807) is 12.1 Å². The van der Waals surface area contributed by atoms with Crippen molar-refractivity contribution >= 4 is 69.3 Å².